The van der Waals surface area contributed by atoms with E-state index in [4.69, 9.17) is 24.3 Å². The van der Waals surface area contributed by atoms with Gasteiger partial charge in [0.25, 0.3) is 0 Å². The molecule has 0 bridgehead atoms. The molecule has 10 heteroatoms. The third kappa shape index (κ3) is 46.8. The van der Waals surface area contributed by atoms with Gasteiger partial charge in [-0.15, -0.1) is 0 Å². The topological polar surface area (TPSA) is 134 Å². The van der Waals surface area contributed by atoms with Crippen LogP contribution < -0.4 is 5.73 Å². The van der Waals surface area contributed by atoms with Gasteiger partial charge in [0.2, 0.25) is 0 Å². The Morgan fingerprint density at radius 1 is 0.508 bits per heavy atom. The van der Waals surface area contributed by atoms with Crippen LogP contribution in [-0.2, 0) is 32.7 Å². The maximum atomic E-state index is 12.6. The summed E-state index contributed by atoms with van der Waals surface area (Å²) in [5.41, 5.74) is 5.36. The molecule has 0 fully saturated rings. The summed E-state index contributed by atoms with van der Waals surface area (Å²) in [5, 5.41) is 0. The fourth-order valence-electron chi connectivity index (χ4n) is 6.48. The van der Waals surface area contributed by atoms with Gasteiger partial charge in [-0.3, -0.25) is 18.6 Å². The Bertz CT molecular complexity index is 1230. The molecule has 352 valence electrons. The average Bonchev–Trinajstić information content (AvgIpc) is 3.25. The molecule has 0 amide bonds. The van der Waals surface area contributed by atoms with E-state index in [-0.39, 0.29) is 32.6 Å². The molecule has 0 aliphatic rings. The molecule has 0 aliphatic heterocycles. The Balaban J connectivity index is 4.14. The maximum absolute atomic E-state index is 12.6. The zero-order valence-corrected chi connectivity index (χ0v) is 39.8. The van der Waals surface area contributed by atoms with Crippen LogP contribution in [0.5, 0.6) is 0 Å². The minimum absolute atomic E-state index is 0.0456. The number of allylic oxidation sites excluding steroid dienone is 12. The highest BCUT2D eigenvalue weighted by Gasteiger charge is 2.26. The highest BCUT2D eigenvalue weighted by molar-refractivity contribution is 7.47. The third-order valence-electron chi connectivity index (χ3n) is 10.1. The summed E-state index contributed by atoms with van der Waals surface area (Å²) < 4.78 is 32.9. The van der Waals surface area contributed by atoms with Crippen molar-refractivity contribution in [3.05, 3.63) is 72.9 Å². The van der Waals surface area contributed by atoms with Crippen LogP contribution in [0.3, 0.4) is 0 Å². The van der Waals surface area contributed by atoms with E-state index in [1.807, 2.05) is 0 Å². The van der Waals surface area contributed by atoms with Gasteiger partial charge in [-0.25, -0.2) is 4.57 Å². The molecule has 61 heavy (non-hydrogen) atoms. The lowest BCUT2D eigenvalue weighted by Crippen LogP contribution is -2.29. The summed E-state index contributed by atoms with van der Waals surface area (Å²) in [4.78, 5) is 35.0. The second-order valence-electron chi connectivity index (χ2n) is 15.9. The van der Waals surface area contributed by atoms with Gasteiger partial charge < -0.3 is 20.1 Å². The predicted molar refractivity (Wildman–Crippen MR) is 256 cm³/mol. The first-order chi connectivity index (χ1) is 29.8. The number of unbranched alkanes of at least 4 members (excludes halogenated alkanes) is 20. The van der Waals surface area contributed by atoms with E-state index in [1.54, 1.807) is 0 Å². The fraction of sp³-hybridized carbons (Fsp3) is 0.725. The maximum Gasteiger partial charge on any atom is 0.472 e. The zero-order chi connectivity index (χ0) is 44.6. The predicted octanol–water partition coefficient (Wildman–Crippen LogP) is 14.6. The van der Waals surface area contributed by atoms with Crippen LogP contribution in [0.15, 0.2) is 72.9 Å². The molecular weight excluding hydrogens is 786 g/mol. The van der Waals surface area contributed by atoms with E-state index < -0.39 is 32.5 Å². The smallest absolute Gasteiger partial charge is 0.462 e. The van der Waals surface area contributed by atoms with E-state index in [1.165, 1.54) is 96.3 Å². The minimum Gasteiger partial charge on any atom is -0.462 e. The van der Waals surface area contributed by atoms with Gasteiger partial charge in [-0.05, 0) is 83.5 Å². The lowest BCUT2D eigenvalue weighted by atomic mass is 10.0. The fourth-order valence-corrected chi connectivity index (χ4v) is 7.24. The number of phosphoric ester groups is 1. The van der Waals surface area contributed by atoms with Gasteiger partial charge in [0.05, 0.1) is 13.2 Å². The zero-order valence-electron chi connectivity index (χ0n) is 38.9. The van der Waals surface area contributed by atoms with Crippen molar-refractivity contribution in [3.63, 3.8) is 0 Å². The van der Waals surface area contributed by atoms with Crippen LogP contribution in [-0.4, -0.2) is 49.3 Å². The monoisotopic (exact) mass is 876 g/mol. The van der Waals surface area contributed by atoms with Gasteiger partial charge in [0.15, 0.2) is 6.10 Å². The Hall–Kier alpha value is -2.55. The molecule has 0 rings (SSSR count). The van der Waals surface area contributed by atoms with Crippen molar-refractivity contribution in [2.75, 3.05) is 26.4 Å². The highest BCUT2D eigenvalue weighted by atomic mass is 31.2. The Labute approximate surface area is 373 Å². The first-order valence-electron chi connectivity index (χ1n) is 24.4. The number of ether oxygens (including phenoxy) is 2. The number of hydrogen-bond donors (Lipinski definition) is 2. The first kappa shape index (κ1) is 58.5. The molecule has 0 aromatic rings. The van der Waals surface area contributed by atoms with Crippen molar-refractivity contribution in [1.82, 2.24) is 0 Å². The summed E-state index contributed by atoms with van der Waals surface area (Å²) in [5.74, 6) is -0.868. The van der Waals surface area contributed by atoms with Crippen molar-refractivity contribution >= 4 is 19.8 Å². The van der Waals surface area contributed by atoms with Crippen molar-refractivity contribution in [1.29, 1.82) is 0 Å². The Morgan fingerprint density at radius 2 is 0.902 bits per heavy atom. The quantitative estimate of drug-likeness (QED) is 0.0265. The Kier molecular flexibility index (Phi) is 45.0. The SMILES string of the molecule is CCC=CCC=CCC=CCC=CCC=CCCCCCC(=O)OC[C@H](COP(=O)(O)OCCN)OC(=O)CCCCCCCCCCCCCC=CCCCCCCCC. The highest BCUT2D eigenvalue weighted by Crippen LogP contribution is 2.43. The largest absolute Gasteiger partial charge is 0.472 e. The Morgan fingerprint density at radius 3 is 1.38 bits per heavy atom. The van der Waals surface area contributed by atoms with Crippen molar-refractivity contribution < 1.29 is 37.6 Å². The van der Waals surface area contributed by atoms with Crippen LogP contribution >= 0.6 is 7.82 Å². The molecule has 0 aromatic heterocycles. The van der Waals surface area contributed by atoms with E-state index in [0.717, 1.165) is 70.6 Å². The second-order valence-corrected chi connectivity index (χ2v) is 17.4. The molecule has 9 nitrogen and oxygen atoms in total. The number of nitrogens with two attached hydrogens (primary N) is 1. The summed E-state index contributed by atoms with van der Waals surface area (Å²) >= 11 is 0. The summed E-state index contributed by atoms with van der Waals surface area (Å²) in [7, 11) is -4.39. The van der Waals surface area contributed by atoms with Gasteiger partial charge in [0, 0.05) is 19.4 Å². The number of hydrogen-bond acceptors (Lipinski definition) is 8. The third-order valence-corrected chi connectivity index (χ3v) is 11.1. The van der Waals surface area contributed by atoms with E-state index >= 15 is 0 Å². The summed E-state index contributed by atoms with van der Waals surface area (Å²) in [6, 6.07) is 0. The van der Waals surface area contributed by atoms with Crippen LogP contribution in [0.1, 0.15) is 206 Å². The average molecular weight is 876 g/mol. The number of esters is 2. The van der Waals surface area contributed by atoms with Crippen LogP contribution in [0.2, 0.25) is 0 Å². The normalized spacial score (nSPS) is 13.8. The van der Waals surface area contributed by atoms with Gasteiger partial charge in [0.1, 0.15) is 6.61 Å². The number of carbonyl (C=O) groups is 2. The molecule has 0 aliphatic carbocycles. The molecule has 2 atom stereocenters. The molecule has 0 aromatic carbocycles. The molecule has 0 radical (unpaired) electrons. The second kappa shape index (κ2) is 46.9. The van der Waals surface area contributed by atoms with Gasteiger partial charge in [-0.1, -0.05) is 183 Å². The van der Waals surface area contributed by atoms with Gasteiger partial charge in [-0.2, -0.15) is 0 Å². The molecule has 0 heterocycles. The van der Waals surface area contributed by atoms with Crippen molar-refractivity contribution in [3.8, 4) is 0 Å². The molecule has 0 spiro atoms. The molecule has 1 unspecified atom stereocenters. The van der Waals surface area contributed by atoms with Crippen LogP contribution in [0.25, 0.3) is 0 Å². The number of phosphoric acid groups is 1. The van der Waals surface area contributed by atoms with Crippen LogP contribution in [0.4, 0.5) is 0 Å². The summed E-state index contributed by atoms with van der Waals surface area (Å²) in [6.45, 7) is 3.58. The first-order valence-corrected chi connectivity index (χ1v) is 25.9. The molecule has 0 saturated carbocycles. The van der Waals surface area contributed by atoms with E-state index in [9.17, 15) is 19.0 Å². The lowest BCUT2D eigenvalue weighted by molar-refractivity contribution is -0.161. The van der Waals surface area contributed by atoms with Crippen molar-refractivity contribution in [2.45, 2.75) is 213 Å². The number of carbonyl (C=O) groups excluding carboxylic acids is 2. The summed E-state index contributed by atoms with van der Waals surface area (Å²) in [6.07, 6.45) is 57.9. The number of rotatable bonds is 45. The van der Waals surface area contributed by atoms with E-state index in [2.05, 4.69) is 86.8 Å². The lowest BCUT2D eigenvalue weighted by Gasteiger charge is -2.19. The minimum atomic E-state index is -4.39. The van der Waals surface area contributed by atoms with Gasteiger partial charge >= 0.3 is 19.8 Å². The van der Waals surface area contributed by atoms with Crippen molar-refractivity contribution in [2.24, 2.45) is 5.73 Å². The standard InChI is InChI=1S/C51H90NO8P/c1-3-5-7-9-11-13-15-17-19-21-23-24-26-28-30-32-34-36-38-40-42-44-51(54)60-49(48-59-61(55,56)58-46-45-52)47-57-50(53)43-41-39-37-35-33-31-29-27-25-22-20-18-16-14-12-10-8-6-4-2/h6,8,12,14,17-20,25,27,31,33,49H,3-5,7,9-11,13,15-16,21-24,26,28-30,32,34-48,52H2,1-2H3,(H,55,56)/t49-/m1/s1. The molecule has 0 saturated heterocycles. The van der Waals surface area contributed by atoms with E-state index in [0.29, 0.717) is 12.8 Å². The molecular formula is C51H90NO8P. The van der Waals surface area contributed by atoms with Crippen LogP contribution in [0, 0.1) is 0 Å². The molecule has 3 N–H and O–H groups in total.